The molecule has 0 saturated heterocycles. The van der Waals surface area contributed by atoms with Crippen LogP contribution in [0, 0.1) is 5.82 Å². The third kappa shape index (κ3) is 4.10. The van der Waals surface area contributed by atoms with Crippen LogP contribution in [0.15, 0.2) is 90.2 Å². The van der Waals surface area contributed by atoms with Gasteiger partial charge in [-0.1, -0.05) is 30.3 Å². The molecule has 3 aromatic carbocycles. The van der Waals surface area contributed by atoms with Gasteiger partial charge in [0.1, 0.15) is 11.5 Å². The molecule has 6 nitrogen and oxygen atoms in total. The SMILES string of the molecule is O=C(O)c1ccccc1NN=Cc1cn(-c2ccccc2)nc1-c1ccc(F)cc1. The summed E-state index contributed by atoms with van der Waals surface area (Å²) in [7, 11) is 0. The Morgan fingerprint density at radius 3 is 2.43 bits per heavy atom. The van der Waals surface area contributed by atoms with Crippen LogP contribution in [0.1, 0.15) is 15.9 Å². The Morgan fingerprint density at radius 1 is 1.00 bits per heavy atom. The predicted octanol–water partition coefficient (Wildman–Crippen LogP) is 4.82. The highest BCUT2D eigenvalue weighted by Gasteiger charge is 2.12. The third-order valence-electron chi connectivity index (χ3n) is 4.43. The molecule has 0 spiro atoms. The number of hydrogen-bond donors (Lipinski definition) is 2. The van der Waals surface area contributed by atoms with E-state index in [-0.39, 0.29) is 11.4 Å². The van der Waals surface area contributed by atoms with E-state index in [9.17, 15) is 14.3 Å². The number of hydrogen-bond acceptors (Lipinski definition) is 4. The largest absolute Gasteiger partial charge is 0.478 e. The quantitative estimate of drug-likeness (QED) is 0.359. The average Bonchev–Trinajstić information content (AvgIpc) is 3.19. The summed E-state index contributed by atoms with van der Waals surface area (Å²) >= 11 is 0. The van der Waals surface area contributed by atoms with E-state index in [1.54, 1.807) is 41.2 Å². The number of aromatic nitrogens is 2. The Bertz CT molecular complexity index is 1200. The van der Waals surface area contributed by atoms with Gasteiger partial charge in [0.15, 0.2) is 0 Å². The van der Waals surface area contributed by atoms with Crippen LogP contribution < -0.4 is 5.43 Å². The monoisotopic (exact) mass is 400 g/mol. The molecule has 4 rings (SSSR count). The Balaban J connectivity index is 1.69. The number of halogens is 1. The van der Waals surface area contributed by atoms with Gasteiger partial charge >= 0.3 is 5.97 Å². The van der Waals surface area contributed by atoms with Crippen LogP contribution >= 0.6 is 0 Å². The van der Waals surface area contributed by atoms with E-state index in [0.29, 0.717) is 16.9 Å². The van der Waals surface area contributed by atoms with Crippen LogP contribution in [0.2, 0.25) is 0 Å². The van der Waals surface area contributed by atoms with Crippen molar-refractivity contribution in [3.63, 3.8) is 0 Å². The first-order chi connectivity index (χ1) is 14.6. The van der Waals surface area contributed by atoms with Crippen molar-refractivity contribution in [2.45, 2.75) is 0 Å². The summed E-state index contributed by atoms with van der Waals surface area (Å²) < 4.78 is 15.1. The fourth-order valence-corrected chi connectivity index (χ4v) is 2.97. The Morgan fingerprint density at radius 2 is 1.70 bits per heavy atom. The lowest BCUT2D eigenvalue weighted by molar-refractivity contribution is 0.0698. The number of nitrogens with zero attached hydrogens (tertiary/aromatic N) is 3. The molecule has 0 bridgehead atoms. The average molecular weight is 400 g/mol. The van der Waals surface area contributed by atoms with Crippen LogP contribution in [0.3, 0.4) is 0 Å². The lowest BCUT2D eigenvalue weighted by Gasteiger charge is -2.04. The van der Waals surface area contributed by atoms with Gasteiger partial charge in [0.2, 0.25) is 0 Å². The van der Waals surface area contributed by atoms with Crippen LogP contribution in [0.4, 0.5) is 10.1 Å². The van der Waals surface area contributed by atoms with E-state index in [4.69, 9.17) is 0 Å². The molecule has 0 unspecified atom stereocenters. The fourth-order valence-electron chi connectivity index (χ4n) is 2.97. The maximum Gasteiger partial charge on any atom is 0.337 e. The molecule has 0 atom stereocenters. The van der Waals surface area contributed by atoms with Gasteiger partial charge in [0, 0.05) is 17.3 Å². The molecule has 0 aliphatic rings. The van der Waals surface area contributed by atoms with Crippen molar-refractivity contribution < 1.29 is 14.3 Å². The van der Waals surface area contributed by atoms with Crippen molar-refractivity contribution >= 4 is 17.9 Å². The van der Waals surface area contributed by atoms with Gasteiger partial charge in [-0.15, -0.1) is 0 Å². The van der Waals surface area contributed by atoms with Crippen molar-refractivity contribution in [2.24, 2.45) is 5.10 Å². The number of rotatable bonds is 6. The summed E-state index contributed by atoms with van der Waals surface area (Å²) in [6, 6.07) is 22.1. The number of aromatic carboxylic acids is 1. The summed E-state index contributed by atoms with van der Waals surface area (Å²) in [6.45, 7) is 0. The van der Waals surface area contributed by atoms with Gasteiger partial charge in [-0.3, -0.25) is 5.43 Å². The maximum atomic E-state index is 13.4. The first kappa shape index (κ1) is 19.1. The van der Waals surface area contributed by atoms with Crippen LogP contribution in [-0.4, -0.2) is 27.1 Å². The fraction of sp³-hybridized carbons (Fsp3) is 0. The topological polar surface area (TPSA) is 79.5 Å². The molecule has 0 aliphatic carbocycles. The number of anilines is 1. The van der Waals surface area contributed by atoms with Gasteiger partial charge in [0.25, 0.3) is 0 Å². The summed E-state index contributed by atoms with van der Waals surface area (Å²) in [5.74, 6) is -1.37. The number of nitrogens with one attached hydrogen (secondary N) is 1. The van der Waals surface area contributed by atoms with E-state index < -0.39 is 5.97 Å². The lowest BCUT2D eigenvalue weighted by atomic mass is 10.1. The molecule has 1 aromatic heterocycles. The van der Waals surface area contributed by atoms with Gasteiger partial charge in [-0.2, -0.15) is 10.2 Å². The summed E-state index contributed by atoms with van der Waals surface area (Å²) in [6.07, 6.45) is 3.37. The molecular weight excluding hydrogens is 383 g/mol. The van der Waals surface area contributed by atoms with E-state index in [0.717, 1.165) is 11.3 Å². The van der Waals surface area contributed by atoms with E-state index in [1.807, 2.05) is 36.5 Å². The maximum absolute atomic E-state index is 13.4. The zero-order valence-electron chi connectivity index (χ0n) is 15.7. The number of carboxylic acid groups (broad SMARTS) is 1. The number of carbonyl (C=O) groups is 1. The first-order valence-corrected chi connectivity index (χ1v) is 9.14. The van der Waals surface area contributed by atoms with Gasteiger partial charge < -0.3 is 5.11 Å². The summed E-state index contributed by atoms with van der Waals surface area (Å²) in [5.41, 5.74) is 6.17. The van der Waals surface area contributed by atoms with Crippen LogP contribution in [0.5, 0.6) is 0 Å². The van der Waals surface area contributed by atoms with E-state index in [2.05, 4.69) is 15.6 Å². The molecule has 4 aromatic rings. The molecule has 30 heavy (non-hydrogen) atoms. The first-order valence-electron chi connectivity index (χ1n) is 9.14. The Labute approximate surface area is 171 Å². The molecule has 0 saturated carbocycles. The van der Waals surface area contributed by atoms with Gasteiger partial charge in [0.05, 0.1) is 23.2 Å². The predicted molar refractivity (Wildman–Crippen MR) is 114 cm³/mol. The minimum absolute atomic E-state index is 0.119. The van der Waals surface area contributed by atoms with Crippen molar-refractivity contribution in [1.82, 2.24) is 9.78 Å². The van der Waals surface area contributed by atoms with E-state index >= 15 is 0 Å². The van der Waals surface area contributed by atoms with Crippen LogP contribution in [0.25, 0.3) is 16.9 Å². The number of hydrazone groups is 1. The summed E-state index contributed by atoms with van der Waals surface area (Å²) in [5, 5.41) is 18.1. The molecule has 7 heteroatoms. The Hall–Kier alpha value is -4.26. The number of benzene rings is 3. The highest BCUT2D eigenvalue weighted by Crippen LogP contribution is 2.23. The molecule has 0 amide bonds. The summed E-state index contributed by atoms with van der Waals surface area (Å²) in [4.78, 5) is 11.3. The highest BCUT2D eigenvalue weighted by molar-refractivity contribution is 5.94. The molecule has 0 radical (unpaired) electrons. The van der Waals surface area contributed by atoms with Crippen molar-refractivity contribution in [2.75, 3.05) is 5.43 Å². The second-order valence-corrected chi connectivity index (χ2v) is 6.44. The molecular formula is C23H17FN4O2. The second kappa shape index (κ2) is 8.40. The van der Waals surface area contributed by atoms with Gasteiger partial charge in [-0.25, -0.2) is 13.9 Å². The zero-order valence-corrected chi connectivity index (χ0v) is 15.7. The molecule has 148 valence electrons. The highest BCUT2D eigenvalue weighted by atomic mass is 19.1. The van der Waals surface area contributed by atoms with Crippen LogP contribution in [-0.2, 0) is 0 Å². The number of para-hydroxylation sites is 2. The van der Waals surface area contributed by atoms with Crippen molar-refractivity contribution in [3.05, 3.63) is 102 Å². The smallest absolute Gasteiger partial charge is 0.337 e. The minimum Gasteiger partial charge on any atom is -0.478 e. The molecule has 0 fully saturated rings. The van der Waals surface area contributed by atoms with Gasteiger partial charge in [-0.05, 0) is 48.5 Å². The third-order valence-corrected chi connectivity index (χ3v) is 4.43. The van der Waals surface area contributed by atoms with Crippen molar-refractivity contribution in [1.29, 1.82) is 0 Å². The standard InChI is InChI=1S/C23H17FN4O2/c24-18-12-10-16(11-13-18)22-17(15-28(27-22)19-6-2-1-3-7-19)14-25-26-21-9-5-4-8-20(21)23(29)30/h1-15,26H,(H,29,30). The Kier molecular flexibility index (Phi) is 5.34. The molecule has 1 heterocycles. The second-order valence-electron chi connectivity index (χ2n) is 6.44. The zero-order chi connectivity index (χ0) is 20.9. The van der Waals surface area contributed by atoms with Crippen molar-refractivity contribution in [3.8, 4) is 16.9 Å². The molecule has 0 aliphatic heterocycles. The number of carboxylic acids is 1. The molecule has 2 N–H and O–H groups in total. The lowest BCUT2D eigenvalue weighted by Crippen LogP contribution is -2.02. The normalized spacial score (nSPS) is 11.0. The van der Waals surface area contributed by atoms with E-state index in [1.165, 1.54) is 18.2 Å². The minimum atomic E-state index is -1.04.